The van der Waals surface area contributed by atoms with Gasteiger partial charge in [-0.15, -0.1) is 0 Å². The van der Waals surface area contributed by atoms with Crippen LogP contribution in [0.3, 0.4) is 0 Å². The molecule has 128 valence electrons. The third-order valence-corrected chi connectivity index (χ3v) is 4.65. The molecule has 2 rings (SSSR count). The van der Waals surface area contributed by atoms with Crippen molar-refractivity contribution in [2.24, 2.45) is 16.6 Å². The van der Waals surface area contributed by atoms with E-state index in [0.29, 0.717) is 17.9 Å². The molecule has 0 amide bonds. The first-order valence-electron chi connectivity index (χ1n) is 8.84. The predicted octanol–water partition coefficient (Wildman–Crippen LogP) is 3.54. The van der Waals surface area contributed by atoms with Crippen molar-refractivity contribution in [3.05, 3.63) is 29.3 Å². The maximum atomic E-state index is 6.09. The largest absolute Gasteiger partial charge is 0.370 e. The lowest BCUT2D eigenvalue weighted by Crippen LogP contribution is -2.37. The van der Waals surface area contributed by atoms with Gasteiger partial charge in [0.05, 0.1) is 6.54 Å². The first-order valence-corrected chi connectivity index (χ1v) is 8.84. The maximum Gasteiger partial charge on any atom is 0.193 e. The standard InChI is InChI=1S/C19H32N4/c1-14(2)11-18(23-9-5-6-10-23)13-21-19(20)22-17-8-7-15(3)16(4)12-17/h7-8,12,14,18H,5-6,9-11,13H2,1-4H3,(H3,20,21,22). The molecule has 0 radical (unpaired) electrons. The molecule has 1 fully saturated rings. The number of nitrogens with one attached hydrogen (secondary N) is 1. The molecule has 0 aromatic heterocycles. The molecule has 1 saturated heterocycles. The lowest BCUT2D eigenvalue weighted by molar-refractivity contribution is 0.218. The summed E-state index contributed by atoms with van der Waals surface area (Å²) < 4.78 is 0. The Labute approximate surface area is 141 Å². The number of aryl methyl sites for hydroxylation is 2. The van der Waals surface area contributed by atoms with Crippen molar-refractivity contribution < 1.29 is 0 Å². The van der Waals surface area contributed by atoms with Crippen molar-refractivity contribution in [1.82, 2.24) is 4.90 Å². The third kappa shape index (κ3) is 5.54. The minimum atomic E-state index is 0.512. The molecule has 0 aliphatic carbocycles. The van der Waals surface area contributed by atoms with Gasteiger partial charge in [0, 0.05) is 11.7 Å². The molecule has 1 aromatic rings. The Bertz CT molecular complexity index is 530. The molecule has 1 atom stereocenters. The van der Waals surface area contributed by atoms with Crippen LogP contribution >= 0.6 is 0 Å². The number of guanidine groups is 1. The topological polar surface area (TPSA) is 53.6 Å². The molecule has 0 saturated carbocycles. The molecule has 4 nitrogen and oxygen atoms in total. The van der Waals surface area contributed by atoms with Crippen LogP contribution in [0.25, 0.3) is 0 Å². The van der Waals surface area contributed by atoms with E-state index in [4.69, 9.17) is 5.73 Å². The molecule has 0 bridgehead atoms. The van der Waals surface area contributed by atoms with E-state index in [2.05, 4.69) is 61.1 Å². The van der Waals surface area contributed by atoms with Crippen molar-refractivity contribution in [2.75, 3.05) is 25.0 Å². The summed E-state index contributed by atoms with van der Waals surface area (Å²) in [6, 6.07) is 6.79. The number of aliphatic imine (C=N–C) groups is 1. The van der Waals surface area contributed by atoms with Crippen LogP contribution in [-0.4, -0.2) is 36.5 Å². The molecule has 1 unspecified atom stereocenters. The monoisotopic (exact) mass is 316 g/mol. The number of hydrogen-bond acceptors (Lipinski definition) is 2. The molecule has 0 spiro atoms. The summed E-state index contributed by atoms with van der Waals surface area (Å²) in [6.07, 6.45) is 3.81. The van der Waals surface area contributed by atoms with Gasteiger partial charge in [-0.25, -0.2) is 0 Å². The highest BCUT2D eigenvalue weighted by Crippen LogP contribution is 2.18. The zero-order valence-electron chi connectivity index (χ0n) is 15.1. The predicted molar refractivity (Wildman–Crippen MR) is 100 cm³/mol. The summed E-state index contributed by atoms with van der Waals surface area (Å²) >= 11 is 0. The van der Waals surface area contributed by atoms with Crippen molar-refractivity contribution in [3.8, 4) is 0 Å². The third-order valence-electron chi connectivity index (χ3n) is 4.65. The number of nitrogens with two attached hydrogens (primary N) is 1. The van der Waals surface area contributed by atoms with Crippen LogP contribution in [0.15, 0.2) is 23.2 Å². The summed E-state index contributed by atoms with van der Waals surface area (Å²) in [5, 5.41) is 3.22. The summed E-state index contributed by atoms with van der Waals surface area (Å²) in [5.41, 5.74) is 9.65. The first-order chi connectivity index (χ1) is 11.0. The van der Waals surface area contributed by atoms with Crippen LogP contribution in [0.1, 0.15) is 44.2 Å². The number of nitrogens with zero attached hydrogens (tertiary/aromatic N) is 2. The average molecular weight is 316 g/mol. The van der Waals surface area contributed by atoms with E-state index in [1.165, 1.54) is 43.5 Å². The Morgan fingerprint density at radius 3 is 2.52 bits per heavy atom. The van der Waals surface area contributed by atoms with Gasteiger partial charge in [-0.05, 0) is 75.4 Å². The number of benzene rings is 1. The molecule has 1 heterocycles. The second kappa shape index (κ2) is 8.34. The zero-order chi connectivity index (χ0) is 16.8. The van der Waals surface area contributed by atoms with Crippen LogP contribution in [0.2, 0.25) is 0 Å². The number of anilines is 1. The van der Waals surface area contributed by atoms with E-state index in [0.717, 1.165) is 12.2 Å². The molecule has 1 aromatic carbocycles. The van der Waals surface area contributed by atoms with E-state index in [1.807, 2.05) is 0 Å². The highest BCUT2D eigenvalue weighted by Gasteiger charge is 2.22. The summed E-state index contributed by atoms with van der Waals surface area (Å²) in [6.45, 7) is 12.0. The van der Waals surface area contributed by atoms with E-state index < -0.39 is 0 Å². The minimum Gasteiger partial charge on any atom is -0.370 e. The quantitative estimate of drug-likeness (QED) is 0.623. The van der Waals surface area contributed by atoms with Crippen LogP contribution in [0.4, 0.5) is 5.69 Å². The molecule has 1 aliphatic rings. The number of rotatable bonds is 6. The first kappa shape index (κ1) is 17.8. The molecule has 4 heteroatoms. The normalized spacial score (nSPS) is 17.7. The lowest BCUT2D eigenvalue weighted by atomic mass is 10.0. The molecule has 23 heavy (non-hydrogen) atoms. The fourth-order valence-corrected chi connectivity index (χ4v) is 3.20. The molecular formula is C19H32N4. The Balaban J connectivity index is 1.95. The maximum absolute atomic E-state index is 6.09. The van der Waals surface area contributed by atoms with Crippen LogP contribution in [0.5, 0.6) is 0 Å². The second-order valence-electron chi connectivity index (χ2n) is 7.18. The number of likely N-dealkylation sites (tertiary alicyclic amines) is 1. The van der Waals surface area contributed by atoms with Crippen molar-refractivity contribution in [3.63, 3.8) is 0 Å². The Morgan fingerprint density at radius 1 is 1.22 bits per heavy atom. The average Bonchev–Trinajstić information content (AvgIpc) is 3.01. The van der Waals surface area contributed by atoms with Gasteiger partial charge in [0.25, 0.3) is 0 Å². The summed E-state index contributed by atoms with van der Waals surface area (Å²) in [4.78, 5) is 7.19. The van der Waals surface area contributed by atoms with Gasteiger partial charge < -0.3 is 11.1 Å². The van der Waals surface area contributed by atoms with Crippen LogP contribution < -0.4 is 11.1 Å². The van der Waals surface area contributed by atoms with E-state index in [-0.39, 0.29) is 0 Å². The highest BCUT2D eigenvalue weighted by molar-refractivity contribution is 5.92. The Morgan fingerprint density at radius 2 is 1.91 bits per heavy atom. The van der Waals surface area contributed by atoms with Gasteiger partial charge >= 0.3 is 0 Å². The van der Waals surface area contributed by atoms with Gasteiger partial charge in [-0.1, -0.05) is 19.9 Å². The SMILES string of the molecule is Cc1ccc(NC(N)=NCC(CC(C)C)N2CCCC2)cc1C. The Hall–Kier alpha value is -1.55. The van der Waals surface area contributed by atoms with Crippen molar-refractivity contribution in [2.45, 2.75) is 53.0 Å². The highest BCUT2D eigenvalue weighted by atomic mass is 15.2. The van der Waals surface area contributed by atoms with Gasteiger partial charge in [0.1, 0.15) is 0 Å². The second-order valence-corrected chi connectivity index (χ2v) is 7.18. The summed E-state index contributed by atoms with van der Waals surface area (Å²) in [7, 11) is 0. The lowest BCUT2D eigenvalue weighted by Gasteiger charge is -2.27. The Kier molecular flexibility index (Phi) is 6.46. The smallest absolute Gasteiger partial charge is 0.193 e. The molecular weight excluding hydrogens is 284 g/mol. The van der Waals surface area contributed by atoms with Gasteiger partial charge in [0.2, 0.25) is 0 Å². The van der Waals surface area contributed by atoms with E-state index >= 15 is 0 Å². The zero-order valence-corrected chi connectivity index (χ0v) is 15.1. The molecule has 3 N–H and O–H groups in total. The van der Waals surface area contributed by atoms with E-state index in [1.54, 1.807) is 0 Å². The minimum absolute atomic E-state index is 0.512. The molecule has 1 aliphatic heterocycles. The van der Waals surface area contributed by atoms with Gasteiger partial charge in [0.15, 0.2) is 5.96 Å². The van der Waals surface area contributed by atoms with Gasteiger partial charge in [-0.3, -0.25) is 9.89 Å². The van der Waals surface area contributed by atoms with Crippen molar-refractivity contribution >= 4 is 11.6 Å². The fraction of sp³-hybridized carbons (Fsp3) is 0.632. The van der Waals surface area contributed by atoms with E-state index in [9.17, 15) is 0 Å². The summed E-state index contributed by atoms with van der Waals surface area (Å²) in [5.74, 6) is 1.20. The fourth-order valence-electron chi connectivity index (χ4n) is 3.20. The van der Waals surface area contributed by atoms with Crippen LogP contribution in [0, 0.1) is 19.8 Å². The van der Waals surface area contributed by atoms with Crippen LogP contribution in [-0.2, 0) is 0 Å². The number of hydrogen-bond donors (Lipinski definition) is 2. The van der Waals surface area contributed by atoms with Crippen molar-refractivity contribution in [1.29, 1.82) is 0 Å². The van der Waals surface area contributed by atoms with Gasteiger partial charge in [-0.2, -0.15) is 0 Å².